The van der Waals surface area contributed by atoms with Gasteiger partial charge in [-0.3, -0.25) is 10.00 Å². The number of benzene rings is 1. The lowest BCUT2D eigenvalue weighted by molar-refractivity contribution is 0.187. The molecule has 0 saturated heterocycles. The largest absolute Gasteiger partial charge is 0.453 e. The molecule has 0 aliphatic heterocycles. The van der Waals surface area contributed by atoms with Gasteiger partial charge in [-0.15, -0.1) is 0 Å². The Kier molecular flexibility index (Phi) is 5.63. The summed E-state index contributed by atoms with van der Waals surface area (Å²) in [5.41, 5.74) is 3.97. The molecule has 1 aromatic heterocycles. The highest BCUT2D eigenvalue weighted by Crippen LogP contribution is 2.21. The number of hydrogen-bond acceptors (Lipinski definition) is 4. The number of rotatable bonds is 4. The molecule has 8 nitrogen and oxygen atoms in total. The molecule has 3 amide bonds. The summed E-state index contributed by atoms with van der Waals surface area (Å²) >= 11 is 0. The van der Waals surface area contributed by atoms with E-state index in [1.807, 2.05) is 27.8 Å². The SMILES string of the molecule is COC(=O)Nc1cccc(NC(=O)N[C@@H](C)c2c(C)nn(C)c2C)c1. The van der Waals surface area contributed by atoms with E-state index in [4.69, 9.17) is 0 Å². The maximum absolute atomic E-state index is 12.3. The summed E-state index contributed by atoms with van der Waals surface area (Å²) in [4.78, 5) is 23.5. The first-order chi connectivity index (χ1) is 11.8. The molecule has 0 radical (unpaired) electrons. The number of carbonyl (C=O) groups is 2. The van der Waals surface area contributed by atoms with Crippen molar-refractivity contribution in [2.24, 2.45) is 7.05 Å². The first-order valence-electron chi connectivity index (χ1n) is 7.84. The number of anilines is 2. The van der Waals surface area contributed by atoms with E-state index in [9.17, 15) is 9.59 Å². The van der Waals surface area contributed by atoms with Gasteiger partial charge in [0.15, 0.2) is 0 Å². The van der Waals surface area contributed by atoms with E-state index in [1.165, 1.54) is 7.11 Å². The van der Waals surface area contributed by atoms with Gasteiger partial charge in [0.25, 0.3) is 0 Å². The molecule has 0 spiro atoms. The topological polar surface area (TPSA) is 97.3 Å². The molecule has 0 aliphatic rings. The van der Waals surface area contributed by atoms with Crippen molar-refractivity contribution < 1.29 is 14.3 Å². The lowest BCUT2D eigenvalue weighted by Crippen LogP contribution is -2.31. The summed E-state index contributed by atoms with van der Waals surface area (Å²) < 4.78 is 6.34. The highest BCUT2D eigenvalue weighted by molar-refractivity contribution is 5.91. The van der Waals surface area contributed by atoms with Crippen LogP contribution in [0.15, 0.2) is 24.3 Å². The van der Waals surface area contributed by atoms with Crippen LogP contribution in [0.2, 0.25) is 0 Å². The zero-order valence-electron chi connectivity index (χ0n) is 15.0. The van der Waals surface area contributed by atoms with E-state index < -0.39 is 6.09 Å². The lowest BCUT2D eigenvalue weighted by atomic mass is 10.1. The molecule has 1 heterocycles. The number of nitrogens with one attached hydrogen (secondary N) is 3. The average Bonchev–Trinajstić information content (AvgIpc) is 2.79. The highest BCUT2D eigenvalue weighted by Gasteiger charge is 2.18. The average molecular weight is 345 g/mol. The van der Waals surface area contributed by atoms with E-state index >= 15 is 0 Å². The summed E-state index contributed by atoms with van der Waals surface area (Å²) in [6.07, 6.45) is -0.572. The molecule has 0 unspecified atom stereocenters. The van der Waals surface area contributed by atoms with Gasteiger partial charge in [0, 0.05) is 29.7 Å². The van der Waals surface area contributed by atoms with Crippen LogP contribution in [0.3, 0.4) is 0 Å². The van der Waals surface area contributed by atoms with Gasteiger partial charge in [0.1, 0.15) is 0 Å². The fourth-order valence-corrected chi connectivity index (χ4v) is 2.70. The molecule has 0 bridgehead atoms. The number of hydrogen-bond donors (Lipinski definition) is 3. The summed E-state index contributed by atoms with van der Waals surface area (Å²) in [6.45, 7) is 5.79. The number of carbonyl (C=O) groups excluding carboxylic acids is 2. The van der Waals surface area contributed by atoms with Gasteiger partial charge in [-0.2, -0.15) is 5.10 Å². The zero-order valence-corrected chi connectivity index (χ0v) is 15.0. The van der Waals surface area contributed by atoms with Crippen molar-refractivity contribution in [1.82, 2.24) is 15.1 Å². The van der Waals surface area contributed by atoms with Crippen LogP contribution < -0.4 is 16.0 Å². The first-order valence-corrected chi connectivity index (χ1v) is 7.84. The molecule has 2 rings (SSSR count). The number of urea groups is 1. The van der Waals surface area contributed by atoms with Crippen molar-refractivity contribution in [3.8, 4) is 0 Å². The Morgan fingerprint density at radius 2 is 1.84 bits per heavy atom. The minimum absolute atomic E-state index is 0.190. The van der Waals surface area contributed by atoms with Crippen molar-refractivity contribution in [2.45, 2.75) is 26.8 Å². The second kappa shape index (κ2) is 7.69. The summed E-state index contributed by atoms with van der Waals surface area (Å²) in [5, 5.41) is 12.6. The van der Waals surface area contributed by atoms with Crippen molar-refractivity contribution >= 4 is 23.5 Å². The van der Waals surface area contributed by atoms with Crippen molar-refractivity contribution in [2.75, 3.05) is 17.7 Å². The Balaban J connectivity index is 2.02. The fourth-order valence-electron chi connectivity index (χ4n) is 2.70. The van der Waals surface area contributed by atoms with Crippen molar-refractivity contribution in [1.29, 1.82) is 0 Å². The molecule has 1 atom stereocenters. The van der Waals surface area contributed by atoms with E-state index in [-0.39, 0.29) is 12.1 Å². The number of aryl methyl sites for hydroxylation is 2. The summed E-state index contributed by atoms with van der Waals surface area (Å²) in [7, 11) is 3.16. The molecule has 0 fully saturated rings. The molecular formula is C17H23N5O3. The zero-order chi connectivity index (χ0) is 18.6. The van der Waals surface area contributed by atoms with Crippen LogP contribution in [0.1, 0.15) is 29.9 Å². The third-order valence-electron chi connectivity index (χ3n) is 3.90. The predicted octanol–water partition coefficient (Wildman–Crippen LogP) is 3.10. The van der Waals surface area contributed by atoms with Crippen LogP contribution in [-0.4, -0.2) is 29.0 Å². The minimum Gasteiger partial charge on any atom is -0.453 e. The third-order valence-corrected chi connectivity index (χ3v) is 3.90. The number of amides is 3. The van der Waals surface area contributed by atoms with E-state index in [1.54, 1.807) is 28.9 Å². The predicted molar refractivity (Wildman–Crippen MR) is 95.7 cm³/mol. The second-order valence-electron chi connectivity index (χ2n) is 5.73. The van der Waals surface area contributed by atoms with Gasteiger partial charge in [0.05, 0.1) is 18.8 Å². The maximum atomic E-state index is 12.3. The molecule has 1 aromatic carbocycles. The molecule has 134 valence electrons. The molecule has 0 aliphatic carbocycles. The maximum Gasteiger partial charge on any atom is 0.411 e. The monoisotopic (exact) mass is 345 g/mol. The van der Waals surface area contributed by atoms with Gasteiger partial charge in [0.2, 0.25) is 0 Å². The Morgan fingerprint density at radius 3 is 2.40 bits per heavy atom. The quantitative estimate of drug-likeness (QED) is 0.793. The highest BCUT2D eigenvalue weighted by atomic mass is 16.5. The summed E-state index contributed by atoms with van der Waals surface area (Å²) in [6, 6.07) is 6.26. The van der Waals surface area contributed by atoms with Crippen LogP contribution >= 0.6 is 0 Å². The molecular weight excluding hydrogens is 322 g/mol. The smallest absolute Gasteiger partial charge is 0.411 e. The Hall–Kier alpha value is -3.03. The molecule has 8 heteroatoms. The Morgan fingerprint density at radius 1 is 1.20 bits per heavy atom. The van der Waals surface area contributed by atoms with Gasteiger partial charge >= 0.3 is 12.1 Å². The minimum atomic E-state index is -0.572. The van der Waals surface area contributed by atoms with Crippen LogP contribution in [0, 0.1) is 13.8 Å². The van der Waals surface area contributed by atoms with Crippen LogP contribution in [0.4, 0.5) is 21.0 Å². The van der Waals surface area contributed by atoms with Crippen molar-refractivity contribution in [3.63, 3.8) is 0 Å². The number of ether oxygens (including phenoxy) is 1. The number of methoxy groups -OCH3 is 1. The van der Waals surface area contributed by atoms with Gasteiger partial charge < -0.3 is 15.4 Å². The number of nitrogens with zero attached hydrogens (tertiary/aromatic N) is 2. The standard InChI is InChI=1S/C17H23N5O3/c1-10(15-11(2)21-22(4)12(15)3)18-16(23)19-13-7-6-8-14(9-13)20-17(24)25-5/h6-10H,1-5H3,(H,20,24)(H2,18,19,23)/t10-/m0/s1. The number of aromatic nitrogens is 2. The van der Waals surface area contributed by atoms with Gasteiger partial charge in [-0.05, 0) is 39.0 Å². The van der Waals surface area contributed by atoms with E-state index in [2.05, 4.69) is 25.8 Å². The van der Waals surface area contributed by atoms with Crippen LogP contribution in [0.5, 0.6) is 0 Å². The molecule has 3 N–H and O–H groups in total. The second-order valence-corrected chi connectivity index (χ2v) is 5.73. The Labute approximate surface area is 146 Å². The van der Waals surface area contributed by atoms with E-state index in [0.29, 0.717) is 11.4 Å². The van der Waals surface area contributed by atoms with Gasteiger partial charge in [-0.1, -0.05) is 6.07 Å². The first kappa shape index (κ1) is 18.3. The molecule has 25 heavy (non-hydrogen) atoms. The van der Waals surface area contributed by atoms with Crippen LogP contribution in [-0.2, 0) is 11.8 Å². The fraction of sp³-hybridized carbons (Fsp3) is 0.353. The lowest BCUT2D eigenvalue weighted by Gasteiger charge is -2.16. The molecule has 0 saturated carbocycles. The Bertz CT molecular complexity index is 785. The van der Waals surface area contributed by atoms with Gasteiger partial charge in [-0.25, -0.2) is 9.59 Å². The van der Waals surface area contributed by atoms with Crippen LogP contribution in [0.25, 0.3) is 0 Å². The third kappa shape index (κ3) is 4.50. The van der Waals surface area contributed by atoms with Crippen molar-refractivity contribution in [3.05, 3.63) is 41.2 Å². The van der Waals surface area contributed by atoms with E-state index in [0.717, 1.165) is 17.0 Å². The summed E-state index contributed by atoms with van der Waals surface area (Å²) in [5.74, 6) is 0. The molecule has 2 aromatic rings. The normalized spacial score (nSPS) is 11.6.